The van der Waals surface area contributed by atoms with Crippen LogP contribution < -0.4 is 10.7 Å². The van der Waals surface area contributed by atoms with Crippen LogP contribution in [0.15, 0.2) is 62.2 Å². The molecule has 0 radical (unpaired) electrons. The molecule has 0 atom stereocenters. The van der Waals surface area contributed by atoms with Gasteiger partial charge in [-0.05, 0) is 42.5 Å². The summed E-state index contributed by atoms with van der Waals surface area (Å²) >= 11 is 3.26. The maximum absolute atomic E-state index is 12.7. The Labute approximate surface area is 147 Å². The van der Waals surface area contributed by atoms with Crippen molar-refractivity contribution in [3.8, 4) is 0 Å². The molecule has 3 rings (SSSR count). The fourth-order valence-corrected chi connectivity index (χ4v) is 2.44. The fraction of sp³-hybridized carbons (Fsp3) is 0.0588. The van der Waals surface area contributed by atoms with Crippen molar-refractivity contribution in [3.05, 3.63) is 74.6 Å². The first kappa shape index (κ1) is 17.2. The average molecular weight is 412 g/mol. The van der Waals surface area contributed by atoms with Crippen LogP contribution in [0.2, 0.25) is 0 Å². The van der Waals surface area contributed by atoms with Gasteiger partial charge >= 0.3 is 6.18 Å². The summed E-state index contributed by atoms with van der Waals surface area (Å²) in [4.78, 5) is 24.1. The Balaban J connectivity index is 1.93. The van der Waals surface area contributed by atoms with Crippen molar-refractivity contribution in [2.45, 2.75) is 6.18 Å². The van der Waals surface area contributed by atoms with Crippen LogP contribution in [0.3, 0.4) is 0 Å². The Morgan fingerprint density at radius 3 is 2.36 bits per heavy atom. The third kappa shape index (κ3) is 3.74. The minimum Gasteiger partial charge on any atom is -0.451 e. The summed E-state index contributed by atoms with van der Waals surface area (Å²) < 4.78 is 43.5. The van der Waals surface area contributed by atoms with Gasteiger partial charge in [-0.2, -0.15) is 13.2 Å². The molecule has 0 fully saturated rings. The van der Waals surface area contributed by atoms with Gasteiger partial charge in [-0.1, -0.05) is 15.9 Å². The summed E-state index contributed by atoms with van der Waals surface area (Å²) in [5.74, 6) is -1.78. The van der Waals surface area contributed by atoms with E-state index in [4.69, 9.17) is 4.42 Å². The summed E-state index contributed by atoms with van der Waals surface area (Å²) in [5.41, 5.74) is -0.384. The van der Waals surface area contributed by atoms with Crippen LogP contribution in [-0.4, -0.2) is 5.91 Å². The van der Waals surface area contributed by atoms with Crippen LogP contribution >= 0.6 is 15.9 Å². The molecule has 4 nitrogen and oxygen atoms in total. The van der Waals surface area contributed by atoms with Gasteiger partial charge in [0.1, 0.15) is 5.58 Å². The molecule has 0 aliphatic carbocycles. The molecule has 128 valence electrons. The van der Waals surface area contributed by atoms with Crippen molar-refractivity contribution >= 4 is 38.5 Å². The van der Waals surface area contributed by atoms with Crippen LogP contribution in [0.1, 0.15) is 16.1 Å². The third-order valence-corrected chi connectivity index (χ3v) is 3.90. The first-order chi connectivity index (χ1) is 11.7. The molecule has 0 spiro atoms. The summed E-state index contributed by atoms with van der Waals surface area (Å²) in [6.45, 7) is 0. The van der Waals surface area contributed by atoms with Crippen molar-refractivity contribution in [2.75, 3.05) is 5.32 Å². The second kappa shape index (κ2) is 6.36. The Morgan fingerprint density at radius 1 is 1.04 bits per heavy atom. The zero-order valence-electron chi connectivity index (χ0n) is 12.4. The number of halogens is 4. The van der Waals surface area contributed by atoms with E-state index in [0.717, 1.165) is 4.47 Å². The van der Waals surface area contributed by atoms with Gasteiger partial charge in [0.2, 0.25) is 5.76 Å². The number of amides is 1. The molecular weight excluding hydrogens is 403 g/mol. The van der Waals surface area contributed by atoms with E-state index < -0.39 is 23.3 Å². The third-order valence-electron chi connectivity index (χ3n) is 3.37. The number of benzene rings is 2. The maximum atomic E-state index is 12.7. The number of rotatable bonds is 2. The van der Waals surface area contributed by atoms with E-state index in [9.17, 15) is 22.8 Å². The molecule has 1 aromatic heterocycles. The first-order valence-electron chi connectivity index (χ1n) is 6.96. The standard InChI is InChI=1S/C17H9BrF3NO3/c18-10-3-1-9(2-4-10)16(24)22-11-5-6-14-12(7-11)13(23)8-15(25-14)17(19,20)21/h1-8H,(H,22,24). The SMILES string of the molecule is O=C(Nc1ccc2oc(C(F)(F)F)cc(=O)c2c1)c1ccc(Br)cc1. The van der Waals surface area contributed by atoms with Gasteiger partial charge in [0.05, 0.1) is 5.39 Å². The molecular formula is C17H9BrF3NO3. The molecule has 0 saturated carbocycles. The predicted molar refractivity (Wildman–Crippen MR) is 89.6 cm³/mol. The molecule has 0 saturated heterocycles. The highest BCUT2D eigenvalue weighted by Gasteiger charge is 2.34. The van der Waals surface area contributed by atoms with Crippen molar-refractivity contribution < 1.29 is 22.4 Å². The molecule has 1 heterocycles. The van der Waals surface area contributed by atoms with E-state index in [0.29, 0.717) is 11.6 Å². The van der Waals surface area contributed by atoms with Gasteiger partial charge in [-0.25, -0.2) is 0 Å². The van der Waals surface area contributed by atoms with E-state index in [2.05, 4.69) is 21.2 Å². The highest BCUT2D eigenvalue weighted by atomic mass is 79.9. The molecule has 0 aliphatic rings. The summed E-state index contributed by atoms with van der Waals surface area (Å²) in [6.07, 6.45) is -4.75. The molecule has 0 aliphatic heterocycles. The van der Waals surface area contributed by atoms with Crippen LogP contribution in [0.4, 0.5) is 18.9 Å². The van der Waals surface area contributed by atoms with Crippen molar-refractivity contribution in [2.24, 2.45) is 0 Å². The van der Waals surface area contributed by atoms with E-state index in [1.54, 1.807) is 24.3 Å². The van der Waals surface area contributed by atoms with Crippen LogP contribution in [0.25, 0.3) is 11.0 Å². The lowest BCUT2D eigenvalue weighted by Crippen LogP contribution is -2.13. The van der Waals surface area contributed by atoms with Gasteiger partial charge in [0, 0.05) is 21.8 Å². The quantitative estimate of drug-likeness (QED) is 0.656. The molecule has 0 unspecified atom stereocenters. The van der Waals surface area contributed by atoms with Gasteiger partial charge in [-0.15, -0.1) is 0 Å². The lowest BCUT2D eigenvalue weighted by Gasteiger charge is -2.08. The zero-order chi connectivity index (χ0) is 18.2. The van der Waals surface area contributed by atoms with Gasteiger partial charge in [-0.3, -0.25) is 9.59 Å². The Morgan fingerprint density at radius 2 is 1.72 bits per heavy atom. The normalized spacial score (nSPS) is 11.5. The molecule has 25 heavy (non-hydrogen) atoms. The molecule has 1 amide bonds. The highest BCUT2D eigenvalue weighted by molar-refractivity contribution is 9.10. The predicted octanol–water partition coefficient (Wildman–Crippen LogP) is 4.83. The Bertz CT molecular complexity index is 1010. The summed E-state index contributed by atoms with van der Waals surface area (Å²) in [5, 5.41) is 2.53. The highest BCUT2D eigenvalue weighted by Crippen LogP contribution is 2.30. The van der Waals surface area contributed by atoms with Crippen LogP contribution in [-0.2, 0) is 6.18 Å². The lowest BCUT2D eigenvalue weighted by atomic mass is 10.1. The number of alkyl halides is 3. The summed E-state index contributed by atoms with van der Waals surface area (Å²) in [6, 6.07) is 10.8. The van der Waals surface area contributed by atoms with E-state index in [1.807, 2.05) is 0 Å². The first-order valence-corrected chi connectivity index (χ1v) is 7.75. The fourth-order valence-electron chi connectivity index (χ4n) is 2.18. The number of hydrogen-bond acceptors (Lipinski definition) is 3. The lowest BCUT2D eigenvalue weighted by molar-refractivity contribution is -0.152. The minimum absolute atomic E-state index is 0.0541. The van der Waals surface area contributed by atoms with Gasteiger partial charge < -0.3 is 9.73 Å². The van der Waals surface area contributed by atoms with E-state index in [1.165, 1.54) is 18.2 Å². The molecule has 2 aromatic carbocycles. The Kier molecular flexibility index (Phi) is 4.38. The second-order valence-electron chi connectivity index (χ2n) is 5.14. The van der Waals surface area contributed by atoms with Crippen LogP contribution in [0, 0.1) is 0 Å². The van der Waals surface area contributed by atoms with Gasteiger partial charge in [0.25, 0.3) is 5.91 Å². The molecule has 3 aromatic rings. The number of carbonyl (C=O) groups excluding carboxylic acids is 1. The smallest absolute Gasteiger partial charge is 0.449 e. The van der Waals surface area contributed by atoms with Crippen molar-refractivity contribution in [3.63, 3.8) is 0 Å². The number of fused-ring (bicyclic) bond motifs is 1. The summed E-state index contributed by atoms with van der Waals surface area (Å²) in [7, 11) is 0. The maximum Gasteiger partial charge on any atom is 0.449 e. The van der Waals surface area contributed by atoms with E-state index >= 15 is 0 Å². The van der Waals surface area contributed by atoms with Crippen LogP contribution in [0.5, 0.6) is 0 Å². The molecule has 0 bridgehead atoms. The monoisotopic (exact) mass is 411 g/mol. The number of hydrogen-bond donors (Lipinski definition) is 1. The number of nitrogens with one attached hydrogen (secondary N) is 1. The number of anilines is 1. The topological polar surface area (TPSA) is 59.3 Å². The van der Waals surface area contributed by atoms with Gasteiger partial charge in [0.15, 0.2) is 5.43 Å². The van der Waals surface area contributed by atoms with E-state index in [-0.39, 0.29) is 16.7 Å². The molecule has 8 heteroatoms. The average Bonchev–Trinajstić information content (AvgIpc) is 2.55. The number of carbonyl (C=O) groups is 1. The van der Waals surface area contributed by atoms with Crippen molar-refractivity contribution in [1.29, 1.82) is 0 Å². The second-order valence-corrected chi connectivity index (χ2v) is 6.06. The molecule has 1 N–H and O–H groups in total. The Hall–Kier alpha value is -2.61. The zero-order valence-corrected chi connectivity index (χ0v) is 13.9. The van der Waals surface area contributed by atoms with Crippen molar-refractivity contribution in [1.82, 2.24) is 0 Å². The minimum atomic E-state index is -4.75. The largest absolute Gasteiger partial charge is 0.451 e.